The summed E-state index contributed by atoms with van der Waals surface area (Å²) in [4.78, 5) is 19.0. The number of aromatic nitrogens is 2. The van der Waals surface area contributed by atoms with Crippen molar-refractivity contribution >= 4 is 38.8 Å². The van der Waals surface area contributed by atoms with Crippen molar-refractivity contribution in [1.29, 1.82) is 0 Å². The van der Waals surface area contributed by atoms with E-state index >= 15 is 0 Å². The average Bonchev–Trinajstić information content (AvgIpc) is 2.87. The zero-order valence-corrected chi connectivity index (χ0v) is 11.4. The normalized spacial score (nSPS) is 10.7. The molecule has 0 atom stereocenters. The maximum Gasteiger partial charge on any atom is 0.273 e. The summed E-state index contributed by atoms with van der Waals surface area (Å²) in [5, 5.41) is 13.4. The van der Waals surface area contributed by atoms with Crippen LogP contribution < -0.4 is 4.74 Å². The second-order valence-electron chi connectivity index (χ2n) is 3.79. The van der Waals surface area contributed by atoms with Crippen molar-refractivity contribution in [2.45, 2.75) is 0 Å². The van der Waals surface area contributed by atoms with Crippen LogP contribution in [0.2, 0.25) is 5.28 Å². The highest BCUT2D eigenvalue weighted by molar-refractivity contribution is 7.16. The summed E-state index contributed by atoms with van der Waals surface area (Å²) in [5.41, 5.74) is -0.0517. The number of non-ortho nitro benzene ring substituents is 1. The van der Waals surface area contributed by atoms with Crippen molar-refractivity contribution in [1.82, 2.24) is 9.97 Å². The van der Waals surface area contributed by atoms with Crippen molar-refractivity contribution in [2.24, 2.45) is 0 Å². The van der Waals surface area contributed by atoms with Gasteiger partial charge in [0, 0.05) is 6.07 Å². The van der Waals surface area contributed by atoms with Gasteiger partial charge in [-0.1, -0.05) is 6.07 Å². The Morgan fingerprint density at radius 2 is 2.15 bits per heavy atom. The van der Waals surface area contributed by atoms with E-state index in [0.29, 0.717) is 16.0 Å². The van der Waals surface area contributed by atoms with Crippen LogP contribution in [0.15, 0.2) is 35.7 Å². The lowest BCUT2D eigenvalue weighted by Crippen LogP contribution is -1.92. The van der Waals surface area contributed by atoms with E-state index < -0.39 is 4.92 Å². The molecule has 0 amide bonds. The van der Waals surface area contributed by atoms with Gasteiger partial charge in [-0.3, -0.25) is 10.1 Å². The molecule has 0 fully saturated rings. The Bertz CT molecular complexity index is 805. The molecule has 0 saturated heterocycles. The number of nitro groups is 1. The Morgan fingerprint density at radius 3 is 2.95 bits per heavy atom. The molecule has 0 N–H and O–H groups in total. The van der Waals surface area contributed by atoms with E-state index in [-0.39, 0.29) is 16.9 Å². The molecule has 0 aliphatic rings. The SMILES string of the molecule is O=[N+]([O-])c1cccc(Oc2nc(Cl)nc3sccc23)c1. The molecule has 100 valence electrons. The van der Waals surface area contributed by atoms with Crippen LogP contribution in [-0.2, 0) is 0 Å². The number of rotatable bonds is 3. The molecule has 3 aromatic rings. The maximum atomic E-state index is 10.7. The van der Waals surface area contributed by atoms with E-state index in [9.17, 15) is 10.1 Å². The van der Waals surface area contributed by atoms with Gasteiger partial charge in [0.15, 0.2) is 0 Å². The van der Waals surface area contributed by atoms with Crippen molar-refractivity contribution in [3.05, 3.63) is 51.1 Å². The Balaban J connectivity index is 2.02. The quantitative estimate of drug-likeness (QED) is 0.414. The lowest BCUT2D eigenvalue weighted by molar-refractivity contribution is -0.384. The summed E-state index contributed by atoms with van der Waals surface area (Å²) in [6.45, 7) is 0. The molecule has 0 aliphatic carbocycles. The number of nitro benzene ring substituents is 1. The first-order valence-corrected chi connectivity index (χ1v) is 6.72. The van der Waals surface area contributed by atoms with Gasteiger partial charge in [-0.2, -0.15) is 4.98 Å². The van der Waals surface area contributed by atoms with E-state index in [0.717, 1.165) is 0 Å². The molecule has 0 radical (unpaired) electrons. The minimum absolute atomic E-state index is 0.0517. The minimum Gasteiger partial charge on any atom is -0.438 e. The summed E-state index contributed by atoms with van der Waals surface area (Å²) >= 11 is 7.24. The Labute approximate surface area is 121 Å². The van der Waals surface area contributed by atoms with Gasteiger partial charge < -0.3 is 4.74 Å². The number of thiophene rings is 1. The van der Waals surface area contributed by atoms with E-state index in [1.807, 2.05) is 11.4 Å². The van der Waals surface area contributed by atoms with Crippen molar-refractivity contribution in [3.8, 4) is 11.6 Å². The third-order valence-corrected chi connectivity index (χ3v) is 3.48. The van der Waals surface area contributed by atoms with Crippen LogP contribution in [0.4, 0.5) is 5.69 Å². The minimum atomic E-state index is -0.486. The lowest BCUT2D eigenvalue weighted by atomic mass is 10.3. The molecule has 0 aliphatic heterocycles. The topological polar surface area (TPSA) is 78.2 Å². The van der Waals surface area contributed by atoms with E-state index in [1.165, 1.54) is 23.5 Å². The predicted molar refractivity (Wildman–Crippen MR) is 75.6 cm³/mol. The molecule has 2 heterocycles. The molecule has 0 spiro atoms. The molecule has 0 saturated carbocycles. The summed E-state index contributed by atoms with van der Waals surface area (Å²) in [7, 11) is 0. The van der Waals surface area contributed by atoms with Crippen LogP contribution in [0.25, 0.3) is 10.2 Å². The second-order valence-corrected chi connectivity index (χ2v) is 5.03. The summed E-state index contributed by atoms with van der Waals surface area (Å²) in [6, 6.07) is 7.68. The zero-order valence-electron chi connectivity index (χ0n) is 9.82. The highest BCUT2D eigenvalue weighted by atomic mass is 35.5. The zero-order chi connectivity index (χ0) is 14.1. The van der Waals surface area contributed by atoms with Gasteiger partial charge in [-0.15, -0.1) is 11.3 Å². The molecule has 0 unspecified atom stereocenters. The van der Waals surface area contributed by atoms with Crippen LogP contribution in [0.1, 0.15) is 0 Å². The predicted octanol–water partition coefficient (Wildman–Crippen LogP) is 4.05. The van der Waals surface area contributed by atoms with Crippen molar-refractivity contribution in [2.75, 3.05) is 0 Å². The molecule has 2 aromatic heterocycles. The highest BCUT2D eigenvalue weighted by Crippen LogP contribution is 2.32. The summed E-state index contributed by atoms with van der Waals surface area (Å²) in [5.74, 6) is 0.600. The standard InChI is InChI=1S/C12H6ClN3O3S/c13-12-14-10(9-4-5-20-11(9)15-12)19-8-3-1-2-7(6-8)16(17)18/h1-6H. The van der Waals surface area contributed by atoms with Crippen LogP contribution >= 0.6 is 22.9 Å². The summed E-state index contributed by atoms with van der Waals surface area (Å²) in [6.07, 6.45) is 0. The van der Waals surface area contributed by atoms with Gasteiger partial charge in [0.1, 0.15) is 10.6 Å². The molecular weight excluding hydrogens is 302 g/mol. The Morgan fingerprint density at radius 1 is 1.30 bits per heavy atom. The number of hydrogen-bond donors (Lipinski definition) is 0. The third-order valence-electron chi connectivity index (χ3n) is 2.51. The van der Waals surface area contributed by atoms with Crippen LogP contribution in [-0.4, -0.2) is 14.9 Å². The van der Waals surface area contributed by atoms with Gasteiger partial charge >= 0.3 is 0 Å². The molecule has 20 heavy (non-hydrogen) atoms. The monoisotopic (exact) mass is 307 g/mol. The van der Waals surface area contributed by atoms with E-state index in [2.05, 4.69) is 9.97 Å². The first-order chi connectivity index (χ1) is 9.63. The first-order valence-electron chi connectivity index (χ1n) is 5.46. The Kier molecular flexibility index (Phi) is 3.21. The first kappa shape index (κ1) is 12.8. The van der Waals surface area contributed by atoms with Crippen LogP contribution in [0, 0.1) is 10.1 Å². The maximum absolute atomic E-state index is 10.7. The number of nitrogens with zero attached hydrogens (tertiary/aromatic N) is 3. The number of benzene rings is 1. The van der Waals surface area contributed by atoms with E-state index in [1.54, 1.807) is 12.1 Å². The second kappa shape index (κ2) is 5.03. The average molecular weight is 308 g/mol. The summed E-state index contributed by atoms with van der Waals surface area (Å²) < 4.78 is 5.59. The van der Waals surface area contributed by atoms with Gasteiger partial charge in [0.2, 0.25) is 11.2 Å². The number of hydrogen-bond acceptors (Lipinski definition) is 6. The third kappa shape index (κ3) is 2.40. The Hall–Kier alpha value is -2.25. The number of fused-ring (bicyclic) bond motifs is 1. The molecule has 3 rings (SSSR count). The highest BCUT2D eigenvalue weighted by Gasteiger charge is 2.12. The lowest BCUT2D eigenvalue weighted by Gasteiger charge is -2.05. The number of halogens is 1. The smallest absolute Gasteiger partial charge is 0.273 e. The van der Waals surface area contributed by atoms with Gasteiger partial charge in [-0.05, 0) is 29.1 Å². The van der Waals surface area contributed by atoms with Crippen molar-refractivity contribution in [3.63, 3.8) is 0 Å². The molecule has 1 aromatic carbocycles. The fourth-order valence-corrected chi connectivity index (χ4v) is 2.62. The van der Waals surface area contributed by atoms with Crippen LogP contribution in [0.5, 0.6) is 11.6 Å². The van der Waals surface area contributed by atoms with Crippen molar-refractivity contribution < 1.29 is 9.66 Å². The fourth-order valence-electron chi connectivity index (χ4n) is 1.65. The largest absolute Gasteiger partial charge is 0.438 e. The van der Waals surface area contributed by atoms with Gasteiger partial charge in [0.05, 0.1) is 16.4 Å². The molecule has 6 nitrogen and oxygen atoms in total. The molecule has 8 heteroatoms. The number of ether oxygens (including phenoxy) is 1. The molecular formula is C12H6ClN3O3S. The van der Waals surface area contributed by atoms with E-state index in [4.69, 9.17) is 16.3 Å². The van der Waals surface area contributed by atoms with Gasteiger partial charge in [0.25, 0.3) is 5.69 Å². The molecule has 0 bridgehead atoms. The fraction of sp³-hybridized carbons (Fsp3) is 0. The van der Waals surface area contributed by atoms with Gasteiger partial charge in [-0.25, -0.2) is 4.98 Å². The van der Waals surface area contributed by atoms with Crippen LogP contribution in [0.3, 0.4) is 0 Å².